The van der Waals surface area contributed by atoms with Crippen LogP contribution in [0.1, 0.15) is 53.4 Å². The zero-order chi connectivity index (χ0) is 22.1. The molecule has 2 aromatic rings. The maximum atomic E-state index is 6.22. The molecule has 8 nitrogen and oxygen atoms in total. The van der Waals surface area contributed by atoms with Crippen molar-refractivity contribution in [3.63, 3.8) is 0 Å². The Bertz CT molecular complexity index is 910. The van der Waals surface area contributed by atoms with Crippen molar-refractivity contribution in [3.05, 3.63) is 29.3 Å². The second kappa shape index (κ2) is 9.06. The summed E-state index contributed by atoms with van der Waals surface area (Å²) in [5.74, 6) is 2.23. The molecule has 168 valence electrons. The van der Waals surface area contributed by atoms with E-state index < -0.39 is 0 Å². The molecule has 31 heavy (non-hydrogen) atoms. The normalized spacial score (nSPS) is 21.0. The Hall–Kier alpha value is -2.29. The van der Waals surface area contributed by atoms with Gasteiger partial charge in [0.05, 0.1) is 0 Å². The van der Waals surface area contributed by atoms with Crippen LogP contribution in [0.25, 0.3) is 0 Å². The fourth-order valence-electron chi connectivity index (χ4n) is 4.08. The van der Waals surface area contributed by atoms with Crippen LogP contribution in [0.5, 0.6) is 0 Å². The second-order valence-electron chi connectivity index (χ2n) is 8.99. The van der Waals surface area contributed by atoms with E-state index in [1.54, 1.807) is 0 Å². The molecule has 5 N–H and O–H groups in total. The van der Waals surface area contributed by atoms with Gasteiger partial charge in [0.15, 0.2) is 11.6 Å². The SMILES string of the molecule is CC(C)N1NN(C(C)C)c2c(Nc3cccc(Cl)c3)nc(NC3CCC(N)CC3)nc21. The third-order valence-corrected chi connectivity index (χ3v) is 6.01. The summed E-state index contributed by atoms with van der Waals surface area (Å²) in [7, 11) is 0. The van der Waals surface area contributed by atoms with Gasteiger partial charge in [-0.3, -0.25) is 10.0 Å². The number of hydrogen-bond acceptors (Lipinski definition) is 8. The van der Waals surface area contributed by atoms with Gasteiger partial charge in [0.1, 0.15) is 5.69 Å². The van der Waals surface area contributed by atoms with E-state index in [-0.39, 0.29) is 12.1 Å². The molecule has 1 aliphatic carbocycles. The van der Waals surface area contributed by atoms with Crippen LogP contribution < -0.4 is 31.9 Å². The number of hydrazine groups is 2. The Morgan fingerprint density at radius 3 is 2.42 bits per heavy atom. The van der Waals surface area contributed by atoms with Gasteiger partial charge in [0.2, 0.25) is 5.95 Å². The Morgan fingerprint density at radius 2 is 1.77 bits per heavy atom. The maximum absolute atomic E-state index is 6.22. The fraction of sp³-hybridized carbons (Fsp3) is 0.545. The Kier molecular flexibility index (Phi) is 6.41. The molecule has 1 saturated carbocycles. The lowest BCUT2D eigenvalue weighted by Crippen LogP contribution is -2.50. The lowest BCUT2D eigenvalue weighted by atomic mass is 9.92. The van der Waals surface area contributed by atoms with Gasteiger partial charge in [-0.2, -0.15) is 9.97 Å². The minimum absolute atomic E-state index is 0.213. The van der Waals surface area contributed by atoms with Crippen LogP contribution >= 0.6 is 11.6 Å². The van der Waals surface area contributed by atoms with Crippen molar-refractivity contribution in [2.45, 2.75) is 77.5 Å². The van der Waals surface area contributed by atoms with E-state index in [2.05, 4.69) is 53.9 Å². The minimum atomic E-state index is 0.213. The summed E-state index contributed by atoms with van der Waals surface area (Å²) in [5.41, 5.74) is 11.4. The summed E-state index contributed by atoms with van der Waals surface area (Å²) in [4.78, 5) is 9.82. The van der Waals surface area contributed by atoms with Gasteiger partial charge in [-0.05, 0) is 71.6 Å². The molecule has 1 aromatic carbocycles. The van der Waals surface area contributed by atoms with E-state index >= 15 is 0 Å². The van der Waals surface area contributed by atoms with Crippen LogP contribution in [-0.2, 0) is 0 Å². The van der Waals surface area contributed by atoms with Crippen LogP contribution in [0.2, 0.25) is 5.02 Å². The molecule has 4 rings (SSSR count). The van der Waals surface area contributed by atoms with Crippen LogP contribution in [0, 0.1) is 0 Å². The van der Waals surface area contributed by atoms with E-state index in [0.29, 0.717) is 23.1 Å². The average Bonchev–Trinajstić information content (AvgIpc) is 3.10. The highest BCUT2D eigenvalue weighted by atomic mass is 35.5. The van der Waals surface area contributed by atoms with Crippen molar-refractivity contribution in [1.82, 2.24) is 15.5 Å². The van der Waals surface area contributed by atoms with Gasteiger partial charge in [-0.1, -0.05) is 17.7 Å². The lowest BCUT2D eigenvalue weighted by molar-refractivity contribution is 0.410. The average molecular weight is 445 g/mol. The molecule has 0 spiro atoms. The van der Waals surface area contributed by atoms with Crippen molar-refractivity contribution < 1.29 is 0 Å². The van der Waals surface area contributed by atoms with Gasteiger partial charge in [-0.15, -0.1) is 5.53 Å². The van der Waals surface area contributed by atoms with E-state index in [4.69, 9.17) is 27.3 Å². The number of benzene rings is 1. The molecular formula is C22H33ClN8. The molecule has 1 aromatic heterocycles. The number of nitrogens with two attached hydrogens (primary N) is 1. The predicted octanol–water partition coefficient (Wildman–Crippen LogP) is 4.42. The van der Waals surface area contributed by atoms with Gasteiger partial charge in [0.25, 0.3) is 0 Å². The standard InChI is InChI=1S/C22H33ClN8/c1-13(2)30-19-20(25-18-7-5-6-15(23)12-18)27-22(26-17-10-8-16(24)9-11-17)28-21(19)31(29-30)14(3)4/h5-7,12-14,16-17,29H,8-11,24H2,1-4H3,(H2,25,26,27,28). The third kappa shape index (κ3) is 4.81. The van der Waals surface area contributed by atoms with Crippen molar-refractivity contribution >= 4 is 40.6 Å². The highest BCUT2D eigenvalue weighted by molar-refractivity contribution is 6.30. The topological polar surface area (TPSA) is 94.4 Å². The van der Waals surface area contributed by atoms with E-state index in [0.717, 1.165) is 48.7 Å². The quantitative estimate of drug-likeness (QED) is 0.520. The smallest absolute Gasteiger partial charge is 0.227 e. The number of nitrogens with zero attached hydrogens (tertiary/aromatic N) is 4. The molecular weight excluding hydrogens is 412 g/mol. The number of rotatable bonds is 6. The molecule has 0 atom stereocenters. The van der Waals surface area contributed by atoms with Gasteiger partial charge >= 0.3 is 0 Å². The number of anilines is 5. The summed E-state index contributed by atoms with van der Waals surface area (Å²) in [6.45, 7) is 8.56. The number of aromatic nitrogens is 2. The second-order valence-corrected chi connectivity index (χ2v) is 9.42. The van der Waals surface area contributed by atoms with Crippen molar-refractivity contribution in [3.8, 4) is 0 Å². The van der Waals surface area contributed by atoms with Crippen molar-refractivity contribution in [1.29, 1.82) is 0 Å². The highest BCUT2D eigenvalue weighted by Crippen LogP contribution is 2.41. The Balaban J connectivity index is 1.73. The first-order valence-electron chi connectivity index (χ1n) is 11.1. The van der Waals surface area contributed by atoms with Crippen molar-refractivity contribution in [2.75, 3.05) is 20.7 Å². The summed E-state index contributed by atoms with van der Waals surface area (Å²) in [6.07, 6.45) is 4.11. The number of halogens is 1. The first kappa shape index (κ1) is 21.9. The van der Waals surface area contributed by atoms with Crippen LogP contribution in [0.15, 0.2) is 24.3 Å². The predicted molar refractivity (Wildman–Crippen MR) is 129 cm³/mol. The molecule has 0 amide bonds. The molecule has 0 bridgehead atoms. The van der Waals surface area contributed by atoms with E-state index in [1.807, 2.05) is 24.3 Å². The van der Waals surface area contributed by atoms with Crippen molar-refractivity contribution in [2.24, 2.45) is 5.73 Å². The summed E-state index contributed by atoms with van der Waals surface area (Å²) >= 11 is 6.22. The molecule has 2 heterocycles. The zero-order valence-corrected chi connectivity index (χ0v) is 19.4. The minimum Gasteiger partial charge on any atom is -0.351 e. The fourth-order valence-corrected chi connectivity index (χ4v) is 4.27. The third-order valence-electron chi connectivity index (χ3n) is 5.78. The van der Waals surface area contributed by atoms with E-state index in [9.17, 15) is 0 Å². The monoisotopic (exact) mass is 444 g/mol. The zero-order valence-electron chi connectivity index (χ0n) is 18.7. The molecule has 9 heteroatoms. The first-order chi connectivity index (χ1) is 14.8. The van der Waals surface area contributed by atoms with Gasteiger partial charge in [0, 0.05) is 34.9 Å². The number of fused-ring (bicyclic) bond motifs is 1. The van der Waals surface area contributed by atoms with Gasteiger partial charge < -0.3 is 16.4 Å². The first-order valence-corrected chi connectivity index (χ1v) is 11.5. The van der Waals surface area contributed by atoms with Gasteiger partial charge in [-0.25, -0.2) is 0 Å². The molecule has 0 unspecified atom stereocenters. The van der Waals surface area contributed by atoms with E-state index in [1.165, 1.54) is 0 Å². The maximum Gasteiger partial charge on any atom is 0.227 e. The summed E-state index contributed by atoms with van der Waals surface area (Å²) in [6, 6.07) is 8.74. The molecule has 1 fully saturated rings. The number of hydrogen-bond donors (Lipinski definition) is 4. The van der Waals surface area contributed by atoms with Crippen LogP contribution in [-0.4, -0.2) is 34.1 Å². The molecule has 1 aliphatic heterocycles. The summed E-state index contributed by atoms with van der Waals surface area (Å²) in [5, 5.41) is 11.9. The molecule has 0 radical (unpaired) electrons. The van der Waals surface area contributed by atoms with Crippen LogP contribution in [0.3, 0.4) is 0 Å². The molecule has 0 saturated heterocycles. The highest BCUT2D eigenvalue weighted by Gasteiger charge is 2.35. The summed E-state index contributed by atoms with van der Waals surface area (Å²) < 4.78 is 0. The Labute approximate surface area is 189 Å². The Morgan fingerprint density at radius 1 is 1.06 bits per heavy atom. The van der Waals surface area contributed by atoms with Crippen LogP contribution in [0.4, 0.5) is 29.0 Å². The largest absolute Gasteiger partial charge is 0.351 e. The lowest BCUT2D eigenvalue weighted by Gasteiger charge is -2.27. The number of nitrogens with one attached hydrogen (secondary N) is 3. The molecule has 2 aliphatic rings.